The van der Waals surface area contributed by atoms with Crippen molar-refractivity contribution in [3.05, 3.63) is 31.6 Å². The van der Waals surface area contributed by atoms with E-state index >= 15 is 0 Å². The van der Waals surface area contributed by atoms with Gasteiger partial charge in [0.25, 0.3) is 5.91 Å². The van der Waals surface area contributed by atoms with E-state index in [-0.39, 0.29) is 0 Å². The molecule has 134 valence electrons. The van der Waals surface area contributed by atoms with Crippen LogP contribution in [-0.4, -0.2) is 36.5 Å². The molecule has 9 heteroatoms. The number of ether oxygens (including phenoxy) is 2. The van der Waals surface area contributed by atoms with Crippen LogP contribution >= 0.6 is 22.7 Å². The lowest BCUT2D eigenvalue weighted by atomic mass is 10.1. The van der Waals surface area contributed by atoms with Crippen molar-refractivity contribution < 1.29 is 23.9 Å². The van der Waals surface area contributed by atoms with E-state index in [9.17, 15) is 14.4 Å². The number of nitrogens with zero attached hydrogens (tertiary/aromatic N) is 1. The number of nitrogens with one attached hydrogen (secondary N) is 1. The third-order valence-electron chi connectivity index (χ3n) is 3.45. The Morgan fingerprint density at radius 2 is 1.76 bits per heavy atom. The zero-order chi connectivity index (χ0) is 18.7. The Labute approximate surface area is 153 Å². The third-order valence-corrected chi connectivity index (χ3v) is 5.63. The summed E-state index contributed by atoms with van der Waals surface area (Å²) in [5.74, 6) is -1.64. The molecule has 0 fully saturated rings. The van der Waals surface area contributed by atoms with Crippen LogP contribution in [0.15, 0.2) is 0 Å². The number of aromatic nitrogens is 1. The fraction of sp³-hybridized carbons (Fsp3) is 0.375. The van der Waals surface area contributed by atoms with Gasteiger partial charge >= 0.3 is 11.9 Å². The molecule has 2 aromatic heterocycles. The molecule has 0 bridgehead atoms. The fourth-order valence-corrected chi connectivity index (χ4v) is 4.02. The van der Waals surface area contributed by atoms with E-state index in [4.69, 9.17) is 9.47 Å². The molecule has 1 N–H and O–H groups in total. The summed E-state index contributed by atoms with van der Waals surface area (Å²) in [6.07, 6.45) is 0. The molecule has 0 aliphatic heterocycles. The van der Waals surface area contributed by atoms with Gasteiger partial charge in [-0.3, -0.25) is 4.79 Å². The maximum atomic E-state index is 12.1. The highest BCUT2D eigenvalue weighted by molar-refractivity contribution is 7.16. The minimum Gasteiger partial charge on any atom is -0.465 e. The lowest BCUT2D eigenvalue weighted by molar-refractivity contribution is -0.119. The van der Waals surface area contributed by atoms with Crippen LogP contribution in [0.5, 0.6) is 0 Å². The van der Waals surface area contributed by atoms with Crippen molar-refractivity contribution in [1.29, 1.82) is 0 Å². The number of rotatable bonds is 5. The van der Waals surface area contributed by atoms with Crippen LogP contribution in [0.1, 0.15) is 41.2 Å². The summed E-state index contributed by atoms with van der Waals surface area (Å²) in [6, 6.07) is 0. The molecule has 0 aromatic carbocycles. The van der Waals surface area contributed by atoms with Crippen LogP contribution in [0.4, 0.5) is 5.00 Å². The highest BCUT2D eigenvalue weighted by atomic mass is 32.1. The molecule has 25 heavy (non-hydrogen) atoms. The minimum atomic E-state index is -0.593. The van der Waals surface area contributed by atoms with Crippen LogP contribution in [0, 0.1) is 27.7 Å². The van der Waals surface area contributed by atoms with Gasteiger partial charge in [0.15, 0.2) is 6.61 Å². The summed E-state index contributed by atoms with van der Waals surface area (Å²) >= 11 is 2.48. The van der Waals surface area contributed by atoms with Gasteiger partial charge in [0.1, 0.15) is 9.88 Å². The molecule has 0 unspecified atom stereocenters. The molecule has 2 heterocycles. The standard InChI is InChI=1S/C16H18N2O5S2/c1-7-9(3)24-14(12(7)15(20)22-5)18-11(19)6-23-16(21)13-8(2)17-10(4)25-13/h6H2,1-5H3,(H,18,19). The summed E-state index contributed by atoms with van der Waals surface area (Å²) in [5.41, 5.74) is 1.64. The van der Waals surface area contributed by atoms with Crippen LogP contribution < -0.4 is 5.32 Å². The SMILES string of the molecule is COC(=O)c1c(NC(=O)COC(=O)c2sc(C)nc2C)sc(C)c1C. The molecule has 0 radical (unpaired) electrons. The first kappa shape index (κ1) is 19.1. The van der Waals surface area contributed by atoms with E-state index in [2.05, 4.69) is 10.3 Å². The predicted molar refractivity (Wildman–Crippen MR) is 95.6 cm³/mol. The van der Waals surface area contributed by atoms with Gasteiger partial charge < -0.3 is 14.8 Å². The number of hydrogen-bond acceptors (Lipinski definition) is 8. The molecule has 0 saturated heterocycles. The van der Waals surface area contributed by atoms with Crippen LogP contribution in [-0.2, 0) is 14.3 Å². The van der Waals surface area contributed by atoms with E-state index in [1.165, 1.54) is 29.8 Å². The average Bonchev–Trinajstić information content (AvgIpc) is 3.03. The van der Waals surface area contributed by atoms with Crippen molar-refractivity contribution in [2.24, 2.45) is 0 Å². The van der Waals surface area contributed by atoms with Gasteiger partial charge in [0, 0.05) is 4.88 Å². The molecule has 7 nitrogen and oxygen atoms in total. The van der Waals surface area contributed by atoms with E-state index < -0.39 is 24.5 Å². The summed E-state index contributed by atoms with van der Waals surface area (Å²) in [4.78, 5) is 41.4. The summed E-state index contributed by atoms with van der Waals surface area (Å²) in [5, 5.41) is 3.74. The van der Waals surface area contributed by atoms with E-state index in [1.807, 2.05) is 6.92 Å². The van der Waals surface area contributed by atoms with Crippen LogP contribution in [0.25, 0.3) is 0 Å². The predicted octanol–water partition coefficient (Wildman–Crippen LogP) is 3.02. The largest absolute Gasteiger partial charge is 0.465 e. The van der Waals surface area contributed by atoms with Crippen LogP contribution in [0.3, 0.4) is 0 Å². The van der Waals surface area contributed by atoms with Crippen molar-refractivity contribution in [3.63, 3.8) is 0 Å². The smallest absolute Gasteiger partial charge is 0.350 e. The topological polar surface area (TPSA) is 94.6 Å². The van der Waals surface area contributed by atoms with Crippen molar-refractivity contribution in [2.45, 2.75) is 27.7 Å². The Kier molecular flexibility index (Phi) is 5.91. The van der Waals surface area contributed by atoms with Crippen molar-refractivity contribution >= 4 is 45.5 Å². The number of anilines is 1. The zero-order valence-electron chi connectivity index (χ0n) is 14.5. The van der Waals surface area contributed by atoms with Gasteiger partial charge in [0.2, 0.25) is 0 Å². The highest BCUT2D eigenvalue weighted by Crippen LogP contribution is 2.32. The molecule has 0 aliphatic carbocycles. The van der Waals surface area contributed by atoms with Gasteiger partial charge in [0.05, 0.1) is 23.4 Å². The highest BCUT2D eigenvalue weighted by Gasteiger charge is 2.22. The van der Waals surface area contributed by atoms with Gasteiger partial charge in [-0.2, -0.15) is 0 Å². The maximum absolute atomic E-state index is 12.1. The molecule has 0 atom stereocenters. The second-order valence-electron chi connectivity index (χ2n) is 5.25. The van der Waals surface area contributed by atoms with Crippen molar-refractivity contribution in [1.82, 2.24) is 4.98 Å². The number of carbonyl (C=O) groups is 3. The number of esters is 2. The first-order valence-electron chi connectivity index (χ1n) is 7.33. The van der Waals surface area contributed by atoms with Gasteiger partial charge in [-0.15, -0.1) is 22.7 Å². The number of thiazole rings is 1. The number of carbonyl (C=O) groups excluding carboxylic acids is 3. The van der Waals surface area contributed by atoms with Gasteiger partial charge in [-0.1, -0.05) is 0 Å². The monoisotopic (exact) mass is 382 g/mol. The van der Waals surface area contributed by atoms with E-state index in [0.29, 0.717) is 21.1 Å². The molecular weight excluding hydrogens is 364 g/mol. The van der Waals surface area contributed by atoms with Gasteiger partial charge in [-0.25, -0.2) is 14.6 Å². The average molecular weight is 382 g/mol. The second-order valence-corrected chi connectivity index (χ2v) is 7.68. The molecule has 2 rings (SSSR count). The molecular formula is C16H18N2O5S2. The molecule has 1 amide bonds. The first-order valence-corrected chi connectivity index (χ1v) is 8.97. The molecule has 0 aliphatic rings. The Morgan fingerprint density at radius 3 is 2.32 bits per heavy atom. The first-order chi connectivity index (χ1) is 11.7. The third kappa shape index (κ3) is 4.23. The Balaban J connectivity index is 2.04. The lowest BCUT2D eigenvalue weighted by Crippen LogP contribution is -2.21. The number of hydrogen-bond donors (Lipinski definition) is 1. The summed E-state index contributed by atoms with van der Waals surface area (Å²) in [7, 11) is 1.28. The summed E-state index contributed by atoms with van der Waals surface area (Å²) < 4.78 is 9.78. The van der Waals surface area contributed by atoms with Gasteiger partial charge in [-0.05, 0) is 33.3 Å². The Hall–Kier alpha value is -2.26. The van der Waals surface area contributed by atoms with E-state index in [0.717, 1.165) is 15.4 Å². The fourth-order valence-electron chi connectivity index (χ4n) is 2.14. The molecule has 2 aromatic rings. The number of methoxy groups -OCH3 is 1. The van der Waals surface area contributed by atoms with E-state index in [1.54, 1.807) is 20.8 Å². The normalized spacial score (nSPS) is 10.4. The Bertz CT molecular complexity index is 838. The van der Waals surface area contributed by atoms with Crippen molar-refractivity contribution in [3.8, 4) is 0 Å². The quantitative estimate of drug-likeness (QED) is 0.799. The zero-order valence-corrected chi connectivity index (χ0v) is 16.1. The maximum Gasteiger partial charge on any atom is 0.350 e. The van der Waals surface area contributed by atoms with Crippen molar-refractivity contribution in [2.75, 3.05) is 19.0 Å². The number of thiophene rings is 1. The molecule has 0 spiro atoms. The number of aryl methyl sites for hydroxylation is 3. The second kappa shape index (κ2) is 7.75. The molecule has 0 saturated carbocycles. The summed E-state index contributed by atoms with van der Waals surface area (Å²) in [6.45, 7) is 6.67. The number of amides is 1. The minimum absolute atomic E-state index is 0.318. The van der Waals surface area contributed by atoms with Crippen LogP contribution in [0.2, 0.25) is 0 Å². The Morgan fingerprint density at radius 1 is 1.08 bits per heavy atom. The lowest BCUT2D eigenvalue weighted by Gasteiger charge is -2.07.